The molecule has 2 aromatic heterocycles. The molecule has 7 nitrogen and oxygen atoms in total. The Kier molecular flexibility index (Phi) is 5.41. The van der Waals surface area contributed by atoms with Gasteiger partial charge in [-0.1, -0.05) is 18.2 Å². The highest BCUT2D eigenvalue weighted by molar-refractivity contribution is 9.10. The maximum Gasteiger partial charge on any atom is 0.266 e. The summed E-state index contributed by atoms with van der Waals surface area (Å²) in [6, 6.07) is 11.6. The molecule has 0 fully saturated rings. The minimum absolute atomic E-state index is 0.146. The number of aromatic nitrogens is 4. The Morgan fingerprint density at radius 1 is 1.19 bits per heavy atom. The van der Waals surface area contributed by atoms with Gasteiger partial charge in [0.15, 0.2) is 6.10 Å². The lowest BCUT2D eigenvalue weighted by Crippen LogP contribution is -2.31. The fourth-order valence-corrected chi connectivity index (χ4v) is 2.77. The molecular weight excluding hydrogens is 398 g/mol. The lowest BCUT2D eigenvalue weighted by molar-refractivity contribution is -0.122. The van der Waals surface area contributed by atoms with Crippen LogP contribution in [0.25, 0.3) is 5.69 Å². The lowest BCUT2D eigenvalue weighted by atomic mass is 10.3. The van der Waals surface area contributed by atoms with Gasteiger partial charge < -0.3 is 10.1 Å². The summed E-state index contributed by atoms with van der Waals surface area (Å²) in [4.78, 5) is 12.5. The Morgan fingerprint density at radius 3 is 2.62 bits per heavy atom. The molecule has 0 bridgehead atoms. The number of benzene rings is 1. The molecule has 0 aliphatic rings. The molecule has 3 aromatic rings. The monoisotopic (exact) mass is 417 g/mol. The number of hydrogen-bond donors (Lipinski definition) is 1. The van der Waals surface area contributed by atoms with E-state index in [1.54, 1.807) is 34.7 Å². The number of para-hydroxylation sites is 1. The molecule has 1 amide bonds. The molecule has 8 heteroatoms. The fraction of sp³-hybridized carbons (Fsp3) is 0.278. The van der Waals surface area contributed by atoms with Crippen molar-refractivity contribution in [3.63, 3.8) is 0 Å². The molecule has 136 valence electrons. The van der Waals surface area contributed by atoms with Crippen LogP contribution in [0.4, 0.5) is 5.82 Å². The van der Waals surface area contributed by atoms with Gasteiger partial charge in [-0.05, 0) is 48.8 Å². The van der Waals surface area contributed by atoms with E-state index in [0.717, 1.165) is 5.69 Å². The first-order chi connectivity index (χ1) is 12.5. The Labute approximate surface area is 160 Å². The van der Waals surface area contributed by atoms with Crippen LogP contribution in [-0.4, -0.2) is 31.6 Å². The van der Waals surface area contributed by atoms with Crippen molar-refractivity contribution in [2.75, 3.05) is 5.32 Å². The number of nitrogens with one attached hydrogen (secondary N) is 1. The van der Waals surface area contributed by atoms with E-state index in [4.69, 9.17) is 4.74 Å². The number of halogens is 1. The van der Waals surface area contributed by atoms with E-state index in [1.165, 1.54) is 0 Å². The van der Waals surface area contributed by atoms with Gasteiger partial charge in [-0.15, -0.1) is 5.10 Å². The molecule has 3 rings (SSSR count). The third-order valence-electron chi connectivity index (χ3n) is 3.73. The van der Waals surface area contributed by atoms with Crippen LogP contribution in [0.3, 0.4) is 0 Å². The largest absolute Gasteiger partial charge is 0.463 e. The van der Waals surface area contributed by atoms with Crippen LogP contribution >= 0.6 is 15.9 Å². The Bertz CT molecular complexity index is 888. The number of amides is 1. The van der Waals surface area contributed by atoms with E-state index in [2.05, 4.69) is 31.4 Å². The Hall–Kier alpha value is -2.61. The third-order valence-corrected chi connectivity index (χ3v) is 4.27. The number of nitrogens with zero attached hydrogens (tertiary/aromatic N) is 4. The number of rotatable bonds is 6. The fourth-order valence-electron chi connectivity index (χ4n) is 2.40. The molecule has 1 aromatic carbocycles. The van der Waals surface area contributed by atoms with Gasteiger partial charge in [0, 0.05) is 18.3 Å². The average Bonchev–Trinajstić information content (AvgIpc) is 3.23. The first-order valence-corrected chi connectivity index (χ1v) is 9.06. The van der Waals surface area contributed by atoms with Gasteiger partial charge in [0.05, 0.1) is 16.4 Å². The minimum Gasteiger partial charge on any atom is -0.463 e. The number of anilines is 1. The van der Waals surface area contributed by atoms with Gasteiger partial charge >= 0.3 is 0 Å². The van der Waals surface area contributed by atoms with Crippen LogP contribution < -0.4 is 10.1 Å². The first-order valence-electron chi connectivity index (χ1n) is 8.27. The second-order valence-electron chi connectivity index (χ2n) is 6.07. The SMILES string of the molecule is CC(C)n1nccc1NC(=O)[C@@H](C)Oc1nn(-c2ccccc2)cc1Br. The van der Waals surface area contributed by atoms with Crippen molar-refractivity contribution < 1.29 is 9.53 Å². The molecule has 26 heavy (non-hydrogen) atoms. The molecule has 1 atom stereocenters. The molecule has 0 unspecified atom stereocenters. The van der Waals surface area contributed by atoms with Gasteiger partial charge in [-0.3, -0.25) is 4.79 Å². The van der Waals surface area contributed by atoms with Crippen LogP contribution in [-0.2, 0) is 4.79 Å². The van der Waals surface area contributed by atoms with E-state index >= 15 is 0 Å². The van der Waals surface area contributed by atoms with Crippen LogP contribution in [0.1, 0.15) is 26.8 Å². The Balaban J connectivity index is 1.70. The Morgan fingerprint density at radius 2 is 1.92 bits per heavy atom. The van der Waals surface area contributed by atoms with Crippen molar-refractivity contribution >= 4 is 27.7 Å². The topological polar surface area (TPSA) is 74.0 Å². The zero-order valence-electron chi connectivity index (χ0n) is 14.8. The van der Waals surface area contributed by atoms with Crippen LogP contribution in [0.15, 0.2) is 53.3 Å². The highest BCUT2D eigenvalue weighted by Crippen LogP contribution is 2.25. The highest BCUT2D eigenvalue weighted by Gasteiger charge is 2.20. The second-order valence-corrected chi connectivity index (χ2v) is 6.92. The second kappa shape index (κ2) is 7.74. The van der Waals surface area contributed by atoms with Gasteiger partial charge in [0.2, 0.25) is 5.88 Å². The molecule has 0 aliphatic carbocycles. The van der Waals surface area contributed by atoms with E-state index in [9.17, 15) is 4.79 Å². The number of hydrogen-bond acceptors (Lipinski definition) is 4. The van der Waals surface area contributed by atoms with Crippen molar-refractivity contribution in [2.24, 2.45) is 0 Å². The molecule has 0 saturated heterocycles. The van der Waals surface area contributed by atoms with Crippen molar-refractivity contribution in [1.82, 2.24) is 19.6 Å². The summed E-state index contributed by atoms with van der Waals surface area (Å²) in [7, 11) is 0. The van der Waals surface area contributed by atoms with E-state index in [1.807, 2.05) is 44.2 Å². The third kappa shape index (κ3) is 3.96. The van der Waals surface area contributed by atoms with Crippen molar-refractivity contribution in [2.45, 2.75) is 32.9 Å². The van der Waals surface area contributed by atoms with Crippen LogP contribution in [0, 0.1) is 0 Å². The molecule has 0 spiro atoms. The summed E-state index contributed by atoms with van der Waals surface area (Å²) in [5.74, 6) is 0.719. The lowest BCUT2D eigenvalue weighted by Gasteiger charge is -2.15. The van der Waals surface area contributed by atoms with Gasteiger partial charge in [0.1, 0.15) is 5.82 Å². The maximum atomic E-state index is 12.5. The summed E-state index contributed by atoms with van der Waals surface area (Å²) >= 11 is 3.43. The maximum absolute atomic E-state index is 12.5. The number of carbonyl (C=O) groups is 1. The number of carbonyl (C=O) groups excluding carboxylic acids is 1. The quantitative estimate of drug-likeness (QED) is 0.661. The molecule has 1 N–H and O–H groups in total. The smallest absolute Gasteiger partial charge is 0.266 e. The normalized spacial score (nSPS) is 12.2. The standard InChI is InChI=1S/C18H20BrN5O2/c1-12(2)24-16(9-10-20-24)21-17(25)13(3)26-18-15(19)11-23(22-18)14-7-5-4-6-8-14/h4-13H,1-3H3,(H,21,25)/t13-/m1/s1. The van der Waals surface area contributed by atoms with Crippen molar-refractivity contribution in [3.8, 4) is 11.6 Å². The predicted molar refractivity (Wildman–Crippen MR) is 103 cm³/mol. The number of ether oxygens (including phenoxy) is 1. The predicted octanol–water partition coefficient (Wildman–Crippen LogP) is 3.82. The van der Waals surface area contributed by atoms with Gasteiger partial charge in [-0.25, -0.2) is 9.36 Å². The summed E-state index contributed by atoms with van der Waals surface area (Å²) in [5, 5.41) is 11.4. The summed E-state index contributed by atoms with van der Waals surface area (Å²) in [6.45, 7) is 5.67. The summed E-state index contributed by atoms with van der Waals surface area (Å²) < 4.78 is 9.85. The first kappa shape index (κ1) is 18.2. The summed E-state index contributed by atoms with van der Waals surface area (Å²) in [5.41, 5.74) is 0.904. The molecule has 0 saturated carbocycles. The van der Waals surface area contributed by atoms with Crippen LogP contribution in [0.5, 0.6) is 5.88 Å². The van der Waals surface area contributed by atoms with Crippen molar-refractivity contribution in [1.29, 1.82) is 0 Å². The van der Waals surface area contributed by atoms with Crippen molar-refractivity contribution in [3.05, 3.63) is 53.3 Å². The van der Waals surface area contributed by atoms with E-state index < -0.39 is 6.10 Å². The van der Waals surface area contributed by atoms with Gasteiger partial charge in [0.25, 0.3) is 5.91 Å². The molecule has 0 radical (unpaired) electrons. The molecule has 2 heterocycles. The molecular formula is C18H20BrN5O2. The zero-order valence-corrected chi connectivity index (χ0v) is 16.3. The minimum atomic E-state index is -0.721. The van der Waals surface area contributed by atoms with E-state index in [-0.39, 0.29) is 11.9 Å². The van der Waals surface area contributed by atoms with Crippen LogP contribution in [0.2, 0.25) is 0 Å². The molecule has 0 aliphatic heterocycles. The van der Waals surface area contributed by atoms with E-state index in [0.29, 0.717) is 16.2 Å². The summed E-state index contributed by atoms with van der Waals surface area (Å²) in [6.07, 6.45) is 2.73. The average molecular weight is 418 g/mol. The highest BCUT2D eigenvalue weighted by atomic mass is 79.9. The van der Waals surface area contributed by atoms with Gasteiger partial charge in [-0.2, -0.15) is 5.10 Å². The zero-order chi connectivity index (χ0) is 18.7.